The third-order valence-electron chi connectivity index (χ3n) is 6.88. The fourth-order valence-corrected chi connectivity index (χ4v) is 4.87. The summed E-state index contributed by atoms with van der Waals surface area (Å²) in [6.07, 6.45) is 3.81. The van der Waals surface area contributed by atoms with Gasteiger partial charge >= 0.3 is 0 Å². The SMILES string of the molecule is CCCCOc1cc2c(N3CCN(C(=S)NCc4ccc(Oc5ccccc5)cc4)CC3)ncnc2cc1C. The number of hydrogen-bond donors (Lipinski definition) is 1. The topological polar surface area (TPSA) is 62.8 Å². The molecule has 8 heteroatoms. The van der Waals surface area contributed by atoms with Crippen LogP contribution in [-0.4, -0.2) is 52.8 Å². The average molecular weight is 542 g/mol. The predicted molar refractivity (Wildman–Crippen MR) is 161 cm³/mol. The maximum atomic E-state index is 6.06. The molecule has 3 aromatic carbocycles. The Bertz CT molecular complexity index is 1390. The molecule has 0 atom stereocenters. The van der Waals surface area contributed by atoms with Crippen LogP contribution in [0.5, 0.6) is 17.2 Å². The maximum absolute atomic E-state index is 6.06. The summed E-state index contributed by atoms with van der Waals surface area (Å²) in [5, 5.41) is 5.22. The van der Waals surface area contributed by atoms with Crippen molar-refractivity contribution in [1.82, 2.24) is 20.2 Å². The molecular formula is C31H35N5O2S. The number of nitrogens with one attached hydrogen (secondary N) is 1. The summed E-state index contributed by atoms with van der Waals surface area (Å²) in [5.41, 5.74) is 3.19. The molecule has 0 radical (unpaired) electrons. The molecule has 7 nitrogen and oxygen atoms in total. The van der Waals surface area contributed by atoms with Crippen LogP contribution in [-0.2, 0) is 6.54 Å². The fraction of sp³-hybridized carbons (Fsp3) is 0.323. The lowest BCUT2D eigenvalue weighted by molar-refractivity contribution is 0.308. The standard InChI is InChI=1S/C31H35N5O2S/c1-3-4-18-37-29-20-27-28(19-23(29)2)33-22-34-30(27)35-14-16-36(17-15-35)31(39)32-21-24-10-12-26(13-11-24)38-25-8-6-5-7-9-25/h5-13,19-20,22H,3-4,14-18,21H2,1-2H3,(H,32,39). The van der Waals surface area contributed by atoms with Gasteiger partial charge in [-0.1, -0.05) is 43.7 Å². The molecule has 202 valence electrons. The van der Waals surface area contributed by atoms with E-state index in [4.69, 9.17) is 21.7 Å². The van der Waals surface area contributed by atoms with Crippen LogP contribution >= 0.6 is 12.2 Å². The van der Waals surface area contributed by atoms with E-state index in [0.717, 1.165) is 95.8 Å². The lowest BCUT2D eigenvalue weighted by atomic mass is 10.1. The smallest absolute Gasteiger partial charge is 0.169 e. The van der Waals surface area contributed by atoms with Gasteiger partial charge in [0.25, 0.3) is 0 Å². The molecule has 1 aliphatic heterocycles. The molecule has 0 amide bonds. The summed E-state index contributed by atoms with van der Waals surface area (Å²) in [4.78, 5) is 13.7. The Balaban J connectivity index is 1.15. The van der Waals surface area contributed by atoms with Gasteiger partial charge in [0.2, 0.25) is 0 Å². The zero-order valence-electron chi connectivity index (χ0n) is 22.6. The third kappa shape index (κ3) is 6.75. The number of hydrogen-bond acceptors (Lipinski definition) is 6. The van der Waals surface area contributed by atoms with Gasteiger partial charge in [0.05, 0.1) is 12.1 Å². The summed E-state index contributed by atoms with van der Waals surface area (Å²) >= 11 is 5.73. The van der Waals surface area contributed by atoms with Gasteiger partial charge in [0.1, 0.15) is 29.4 Å². The first kappa shape index (κ1) is 26.7. The number of aromatic nitrogens is 2. The summed E-state index contributed by atoms with van der Waals surface area (Å²) < 4.78 is 11.9. The Morgan fingerprint density at radius 2 is 1.69 bits per heavy atom. The molecule has 0 spiro atoms. The first-order valence-corrected chi connectivity index (χ1v) is 14.0. The highest BCUT2D eigenvalue weighted by Gasteiger charge is 2.22. The lowest BCUT2D eigenvalue weighted by Gasteiger charge is -2.37. The Hall–Kier alpha value is -3.91. The Morgan fingerprint density at radius 3 is 2.44 bits per heavy atom. The number of piperazine rings is 1. The van der Waals surface area contributed by atoms with Crippen molar-refractivity contribution in [3.63, 3.8) is 0 Å². The Morgan fingerprint density at radius 1 is 0.949 bits per heavy atom. The molecule has 0 aliphatic carbocycles. The largest absolute Gasteiger partial charge is 0.493 e. The van der Waals surface area contributed by atoms with E-state index in [1.54, 1.807) is 6.33 Å². The molecule has 2 heterocycles. The van der Waals surface area contributed by atoms with Gasteiger partial charge in [-0.3, -0.25) is 0 Å². The molecule has 39 heavy (non-hydrogen) atoms. The zero-order chi connectivity index (χ0) is 27.0. The molecule has 1 aromatic heterocycles. The minimum absolute atomic E-state index is 0.668. The highest BCUT2D eigenvalue weighted by atomic mass is 32.1. The average Bonchev–Trinajstić information content (AvgIpc) is 2.97. The van der Waals surface area contributed by atoms with Crippen molar-refractivity contribution in [2.45, 2.75) is 33.2 Å². The molecule has 1 aliphatic rings. The second-order valence-electron chi connectivity index (χ2n) is 9.73. The predicted octanol–water partition coefficient (Wildman–Crippen LogP) is 6.11. The quantitative estimate of drug-likeness (QED) is 0.201. The number of aryl methyl sites for hydroxylation is 1. The van der Waals surface area contributed by atoms with Crippen LogP contribution in [0, 0.1) is 6.92 Å². The minimum atomic E-state index is 0.668. The lowest BCUT2D eigenvalue weighted by Crippen LogP contribution is -2.51. The van der Waals surface area contributed by atoms with Crippen molar-refractivity contribution in [2.75, 3.05) is 37.7 Å². The number of unbranched alkanes of at least 4 members (excludes halogenated alkanes) is 1. The molecule has 0 bridgehead atoms. The Labute approximate surface area is 235 Å². The van der Waals surface area contributed by atoms with Crippen molar-refractivity contribution in [2.24, 2.45) is 0 Å². The normalized spacial score (nSPS) is 13.4. The van der Waals surface area contributed by atoms with Crippen LogP contribution in [0.3, 0.4) is 0 Å². The second-order valence-corrected chi connectivity index (χ2v) is 10.1. The molecule has 4 aromatic rings. The minimum Gasteiger partial charge on any atom is -0.493 e. The van der Waals surface area contributed by atoms with Crippen LogP contribution in [0.4, 0.5) is 5.82 Å². The number of nitrogens with zero attached hydrogens (tertiary/aromatic N) is 4. The molecule has 5 rings (SSSR count). The Kier molecular flexibility index (Phi) is 8.73. The summed E-state index contributed by atoms with van der Waals surface area (Å²) in [7, 11) is 0. The molecule has 1 N–H and O–H groups in total. The highest BCUT2D eigenvalue weighted by molar-refractivity contribution is 7.80. The summed E-state index contributed by atoms with van der Waals surface area (Å²) in [5.74, 6) is 3.51. The van der Waals surface area contributed by atoms with Gasteiger partial charge in [0, 0.05) is 38.1 Å². The van der Waals surface area contributed by atoms with Crippen molar-refractivity contribution in [1.29, 1.82) is 0 Å². The van der Waals surface area contributed by atoms with Crippen molar-refractivity contribution in [3.8, 4) is 17.2 Å². The van der Waals surface area contributed by atoms with Gasteiger partial charge in [-0.05, 0) is 73.1 Å². The van der Waals surface area contributed by atoms with E-state index >= 15 is 0 Å². The van der Waals surface area contributed by atoms with E-state index in [9.17, 15) is 0 Å². The summed E-state index contributed by atoms with van der Waals surface area (Å²) in [6.45, 7) is 8.95. The van der Waals surface area contributed by atoms with E-state index in [1.165, 1.54) is 0 Å². The van der Waals surface area contributed by atoms with Gasteiger partial charge in [0.15, 0.2) is 5.11 Å². The number of thiocarbonyl (C=S) groups is 1. The third-order valence-corrected chi connectivity index (χ3v) is 7.28. The molecule has 0 unspecified atom stereocenters. The zero-order valence-corrected chi connectivity index (χ0v) is 23.4. The number of anilines is 1. The van der Waals surface area contributed by atoms with Crippen molar-refractivity contribution < 1.29 is 9.47 Å². The van der Waals surface area contributed by atoms with E-state index in [0.29, 0.717) is 6.54 Å². The van der Waals surface area contributed by atoms with Gasteiger partial charge in [-0.2, -0.15) is 0 Å². The van der Waals surface area contributed by atoms with E-state index in [-0.39, 0.29) is 0 Å². The van der Waals surface area contributed by atoms with Gasteiger partial charge < -0.3 is 24.6 Å². The summed E-state index contributed by atoms with van der Waals surface area (Å²) in [6, 6.07) is 22.1. The van der Waals surface area contributed by atoms with Crippen molar-refractivity contribution >= 4 is 34.1 Å². The number of fused-ring (bicyclic) bond motifs is 1. The fourth-order valence-electron chi connectivity index (χ4n) is 4.62. The van der Waals surface area contributed by atoms with Crippen LogP contribution < -0.4 is 19.7 Å². The first-order chi connectivity index (χ1) is 19.1. The van der Waals surface area contributed by atoms with Gasteiger partial charge in [-0.25, -0.2) is 9.97 Å². The van der Waals surface area contributed by atoms with Crippen LogP contribution in [0.1, 0.15) is 30.9 Å². The number of rotatable bonds is 9. The van der Waals surface area contributed by atoms with Crippen LogP contribution in [0.25, 0.3) is 10.9 Å². The number of benzene rings is 3. The van der Waals surface area contributed by atoms with Crippen LogP contribution in [0.2, 0.25) is 0 Å². The number of para-hydroxylation sites is 1. The second kappa shape index (κ2) is 12.8. The molecule has 0 saturated carbocycles. The van der Waals surface area contributed by atoms with Gasteiger partial charge in [-0.15, -0.1) is 0 Å². The first-order valence-electron chi connectivity index (χ1n) is 13.6. The maximum Gasteiger partial charge on any atom is 0.169 e. The molecular weight excluding hydrogens is 506 g/mol. The van der Waals surface area contributed by atoms with E-state index in [2.05, 4.69) is 63.2 Å². The van der Waals surface area contributed by atoms with E-state index < -0.39 is 0 Å². The molecule has 1 fully saturated rings. The molecule has 1 saturated heterocycles. The number of ether oxygens (including phenoxy) is 2. The monoisotopic (exact) mass is 541 g/mol. The van der Waals surface area contributed by atoms with Crippen molar-refractivity contribution in [3.05, 3.63) is 84.2 Å². The van der Waals surface area contributed by atoms with E-state index in [1.807, 2.05) is 42.5 Å². The highest BCUT2D eigenvalue weighted by Crippen LogP contribution is 2.30. The van der Waals surface area contributed by atoms with Crippen LogP contribution in [0.15, 0.2) is 73.1 Å².